The van der Waals surface area contributed by atoms with Crippen molar-refractivity contribution in [2.45, 2.75) is 52.6 Å². The molecule has 0 aliphatic carbocycles. The van der Waals surface area contributed by atoms with Crippen LogP contribution in [0.2, 0.25) is 0 Å². The number of nitrogens with one attached hydrogen (secondary N) is 1. The first-order chi connectivity index (χ1) is 8.82. The van der Waals surface area contributed by atoms with Crippen molar-refractivity contribution < 1.29 is 9.90 Å². The number of hydrogen-bond donors (Lipinski definition) is 2. The van der Waals surface area contributed by atoms with E-state index in [0.29, 0.717) is 19.4 Å². The summed E-state index contributed by atoms with van der Waals surface area (Å²) in [7, 11) is 1.78. The maximum atomic E-state index is 12.1. The predicted octanol–water partition coefficient (Wildman–Crippen LogP) is 1.75. The molecule has 0 saturated heterocycles. The van der Waals surface area contributed by atoms with Crippen molar-refractivity contribution in [2.24, 2.45) is 0 Å². The summed E-state index contributed by atoms with van der Waals surface area (Å²) in [6.45, 7) is 8.31. The van der Waals surface area contributed by atoms with E-state index in [-0.39, 0.29) is 17.9 Å². The molecule has 1 rings (SSSR count). The van der Waals surface area contributed by atoms with E-state index in [4.69, 9.17) is 0 Å². The van der Waals surface area contributed by atoms with Gasteiger partial charge >= 0.3 is 0 Å². The van der Waals surface area contributed by atoms with E-state index in [1.807, 2.05) is 20.8 Å². The largest absolute Gasteiger partial charge is 0.393 e. The van der Waals surface area contributed by atoms with E-state index in [0.717, 1.165) is 17.0 Å². The van der Waals surface area contributed by atoms with Crippen LogP contribution in [0.15, 0.2) is 0 Å². The molecular weight excluding hydrogens is 242 g/mol. The topological polar surface area (TPSA) is 69.2 Å². The normalized spacial score (nSPS) is 14.2. The van der Waals surface area contributed by atoms with Gasteiger partial charge in [0.15, 0.2) is 0 Å². The van der Waals surface area contributed by atoms with Crippen LogP contribution in [0.1, 0.15) is 49.6 Å². The van der Waals surface area contributed by atoms with Gasteiger partial charge in [-0.25, -0.2) is 0 Å². The molecule has 2 N–H and O–H groups in total. The van der Waals surface area contributed by atoms with Crippen molar-refractivity contribution in [3.63, 3.8) is 0 Å². The Bertz CT molecular complexity index is 407. The average Bonchev–Trinajstić information content (AvgIpc) is 2.65. The van der Waals surface area contributed by atoms with Crippen molar-refractivity contribution in [3.05, 3.63) is 17.0 Å². The number of carbonyl (C=O) groups is 1. The van der Waals surface area contributed by atoms with Crippen LogP contribution in [0.3, 0.4) is 0 Å². The summed E-state index contributed by atoms with van der Waals surface area (Å²) in [5, 5.41) is 16.4. The van der Waals surface area contributed by atoms with Gasteiger partial charge < -0.3 is 10.0 Å². The molecule has 0 spiro atoms. The van der Waals surface area contributed by atoms with Crippen LogP contribution in [0, 0.1) is 13.8 Å². The second kappa shape index (κ2) is 6.70. The molecule has 0 aliphatic rings. The summed E-state index contributed by atoms with van der Waals surface area (Å²) in [4.78, 5) is 13.8. The number of rotatable bonds is 6. The number of carbonyl (C=O) groups excluding carboxylic acids is 1. The fourth-order valence-corrected chi connectivity index (χ4v) is 2.31. The Labute approximate surface area is 115 Å². The first kappa shape index (κ1) is 15.7. The van der Waals surface area contributed by atoms with Crippen LogP contribution in [0.25, 0.3) is 0 Å². The highest BCUT2D eigenvalue weighted by Crippen LogP contribution is 2.24. The van der Waals surface area contributed by atoms with Crippen molar-refractivity contribution >= 4 is 5.91 Å². The second-order valence-corrected chi connectivity index (χ2v) is 5.41. The van der Waals surface area contributed by atoms with Crippen LogP contribution < -0.4 is 0 Å². The first-order valence-electron chi connectivity index (χ1n) is 6.76. The third kappa shape index (κ3) is 4.35. The molecule has 2 unspecified atom stereocenters. The molecule has 1 aromatic rings. The zero-order valence-electron chi connectivity index (χ0n) is 12.5. The van der Waals surface area contributed by atoms with Crippen molar-refractivity contribution in [2.75, 3.05) is 13.6 Å². The van der Waals surface area contributed by atoms with Gasteiger partial charge in [-0.3, -0.25) is 9.89 Å². The van der Waals surface area contributed by atoms with E-state index in [9.17, 15) is 9.90 Å². The monoisotopic (exact) mass is 267 g/mol. The quantitative estimate of drug-likeness (QED) is 0.825. The molecule has 0 fully saturated rings. The van der Waals surface area contributed by atoms with E-state index >= 15 is 0 Å². The molecule has 19 heavy (non-hydrogen) atoms. The number of hydrogen-bond acceptors (Lipinski definition) is 3. The Morgan fingerprint density at radius 1 is 1.42 bits per heavy atom. The first-order valence-corrected chi connectivity index (χ1v) is 6.76. The molecule has 2 atom stereocenters. The van der Waals surface area contributed by atoms with Gasteiger partial charge in [-0.1, -0.05) is 6.92 Å². The maximum Gasteiger partial charge on any atom is 0.222 e. The van der Waals surface area contributed by atoms with E-state index in [1.54, 1.807) is 18.9 Å². The van der Waals surface area contributed by atoms with E-state index in [2.05, 4.69) is 10.2 Å². The smallest absolute Gasteiger partial charge is 0.222 e. The van der Waals surface area contributed by atoms with Crippen molar-refractivity contribution in [3.8, 4) is 0 Å². The molecule has 0 saturated carbocycles. The van der Waals surface area contributed by atoms with Crippen LogP contribution in [0.4, 0.5) is 0 Å². The summed E-state index contributed by atoms with van der Waals surface area (Å²) in [5.41, 5.74) is 3.13. The van der Waals surface area contributed by atoms with Gasteiger partial charge in [-0.2, -0.15) is 5.10 Å². The molecule has 0 aromatic carbocycles. The van der Waals surface area contributed by atoms with Gasteiger partial charge in [0.2, 0.25) is 5.91 Å². The Morgan fingerprint density at radius 3 is 2.53 bits per heavy atom. The lowest BCUT2D eigenvalue weighted by atomic mass is 9.95. The van der Waals surface area contributed by atoms with Gasteiger partial charge in [0.1, 0.15) is 0 Å². The lowest BCUT2D eigenvalue weighted by molar-refractivity contribution is -0.130. The van der Waals surface area contributed by atoms with Gasteiger partial charge in [-0.15, -0.1) is 0 Å². The Balaban J connectivity index is 2.57. The SMILES string of the molecule is Cc1n[nH]c(C)c1C(C)CC(=O)N(C)CCC(C)O. The number of aryl methyl sites for hydroxylation is 2. The second-order valence-electron chi connectivity index (χ2n) is 5.41. The molecule has 5 heteroatoms. The number of nitrogens with zero attached hydrogens (tertiary/aromatic N) is 2. The molecule has 5 nitrogen and oxygen atoms in total. The minimum absolute atomic E-state index is 0.105. The highest BCUT2D eigenvalue weighted by molar-refractivity contribution is 5.76. The number of aromatic amines is 1. The molecule has 0 radical (unpaired) electrons. The number of amides is 1. The molecule has 1 aromatic heterocycles. The molecule has 108 valence electrons. The fraction of sp³-hybridized carbons (Fsp3) is 0.714. The van der Waals surface area contributed by atoms with Crippen LogP contribution in [0.5, 0.6) is 0 Å². The summed E-state index contributed by atoms with van der Waals surface area (Å²) < 4.78 is 0. The number of aliphatic hydroxyl groups excluding tert-OH is 1. The minimum Gasteiger partial charge on any atom is -0.393 e. The molecule has 0 aliphatic heterocycles. The molecule has 1 amide bonds. The predicted molar refractivity (Wildman–Crippen MR) is 75.0 cm³/mol. The Hall–Kier alpha value is -1.36. The van der Waals surface area contributed by atoms with E-state index in [1.165, 1.54) is 0 Å². The molecule has 1 heterocycles. The fourth-order valence-electron chi connectivity index (χ4n) is 2.31. The third-order valence-electron chi connectivity index (χ3n) is 3.47. The highest BCUT2D eigenvalue weighted by Gasteiger charge is 2.19. The summed E-state index contributed by atoms with van der Waals surface area (Å²) in [5.74, 6) is 0.258. The van der Waals surface area contributed by atoms with Crippen LogP contribution in [-0.4, -0.2) is 45.8 Å². The number of aromatic nitrogens is 2. The Morgan fingerprint density at radius 2 is 2.05 bits per heavy atom. The van der Waals surface area contributed by atoms with Crippen LogP contribution in [-0.2, 0) is 4.79 Å². The lowest BCUT2D eigenvalue weighted by Crippen LogP contribution is -2.30. The van der Waals surface area contributed by atoms with Gasteiger partial charge in [-0.05, 0) is 38.7 Å². The lowest BCUT2D eigenvalue weighted by Gasteiger charge is -2.20. The van der Waals surface area contributed by atoms with Crippen molar-refractivity contribution in [1.29, 1.82) is 0 Å². The average molecular weight is 267 g/mol. The van der Waals surface area contributed by atoms with Gasteiger partial charge in [0.05, 0.1) is 11.8 Å². The number of H-pyrrole nitrogens is 1. The summed E-state index contributed by atoms with van der Waals surface area (Å²) in [6, 6.07) is 0. The third-order valence-corrected chi connectivity index (χ3v) is 3.47. The van der Waals surface area contributed by atoms with Crippen molar-refractivity contribution in [1.82, 2.24) is 15.1 Å². The van der Waals surface area contributed by atoms with Gasteiger partial charge in [0.25, 0.3) is 0 Å². The number of aliphatic hydroxyl groups is 1. The summed E-state index contributed by atoms with van der Waals surface area (Å²) >= 11 is 0. The molecular formula is C14H25N3O2. The highest BCUT2D eigenvalue weighted by atomic mass is 16.3. The zero-order valence-corrected chi connectivity index (χ0v) is 12.5. The maximum absolute atomic E-state index is 12.1. The standard InChI is InChI=1S/C14H25N3O2/c1-9(14-11(3)15-16-12(14)4)8-13(19)17(5)7-6-10(2)18/h9-10,18H,6-8H2,1-5H3,(H,15,16). The molecule has 0 bridgehead atoms. The van der Waals surface area contributed by atoms with Gasteiger partial charge in [0, 0.05) is 25.7 Å². The minimum atomic E-state index is -0.369. The summed E-state index contributed by atoms with van der Waals surface area (Å²) in [6.07, 6.45) is 0.712. The Kier molecular flexibility index (Phi) is 5.54. The zero-order chi connectivity index (χ0) is 14.6. The van der Waals surface area contributed by atoms with E-state index < -0.39 is 0 Å². The van der Waals surface area contributed by atoms with Crippen LogP contribution >= 0.6 is 0 Å².